The first kappa shape index (κ1) is 30.7. The van der Waals surface area contributed by atoms with Crippen LogP contribution in [0.2, 0.25) is 0 Å². The molecule has 38 heavy (non-hydrogen) atoms. The highest BCUT2D eigenvalue weighted by molar-refractivity contribution is 5.70. The molecule has 2 atom stereocenters. The summed E-state index contributed by atoms with van der Waals surface area (Å²) in [5.74, 6) is 0. The van der Waals surface area contributed by atoms with E-state index in [0.717, 1.165) is 33.4 Å². The second-order valence-corrected chi connectivity index (χ2v) is 11.2. The fourth-order valence-electron chi connectivity index (χ4n) is 4.01. The molecule has 0 aliphatic carbocycles. The summed E-state index contributed by atoms with van der Waals surface area (Å²) < 4.78 is 11.1. The van der Waals surface area contributed by atoms with Crippen molar-refractivity contribution in [3.05, 3.63) is 83.9 Å². The van der Waals surface area contributed by atoms with Crippen LogP contribution in [0.15, 0.2) is 61.7 Å². The molecule has 6 nitrogen and oxygen atoms in total. The molecule has 0 saturated carbocycles. The normalized spacial score (nSPS) is 13.2. The number of hydrogen-bond acceptors (Lipinski definition) is 4. The largest absolute Gasteiger partial charge is 0.447 e. The number of carbonyl (C=O) groups is 2. The number of amides is 2. The third-order valence-electron chi connectivity index (χ3n) is 6.62. The van der Waals surface area contributed by atoms with E-state index >= 15 is 0 Å². The number of benzene rings is 2. The summed E-state index contributed by atoms with van der Waals surface area (Å²) in [6.07, 6.45) is -0.541. The van der Waals surface area contributed by atoms with Crippen molar-refractivity contribution in [2.24, 2.45) is 0 Å². The topological polar surface area (TPSA) is 76.7 Å². The number of allylic oxidation sites excluding steroid dienone is 2. The van der Waals surface area contributed by atoms with E-state index in [1.807, 2.05) is 104 Å². The van der Waals surface area contributed by atoms with Gasteiger partial charge in [-0.1, -0.05) is 72.8 Å². The second-order valence-electron chi connectivity index (χ2n) is 11.2. The molecular weight excluding hydrogens is 476 g/mol. The lowest BCUT2D eigenvalue weighted by Crippen LogP contribution is -2.43. The number of carbonyl (C=O) groups excluding carboxylic acids is 2. The summed E-state index contributed by atoms with van der Waals surface area (Å²) in [5.41, 5.74) is 4.84. The Morgan fingerprint density at radius 3 is 1.24 bits per heavy atom. The predicted octanol–water partition coefficient (Wildman–Crippen LogP) is 7.93. The van der Waals surface area contributed by atoms with E-state index in [1.165, 1.54) is 0 Å². The van der Waals surface area contributed by atoms with Crippen molar-refractivity contribution < 1.29 is 19.1 Å². The van der Waals surface area contributed by atoms with Crippen molar-refractivity contribution in [2.45, 2.75) is 91.5 Å². The van der Waals surface area contributed by atoms with E-state index in [4.69, 9.17) is 9.47 Å². The molecular formula is C32H44N2O4. The zero-order chi connectivity index (χ0) is 28.7. The molecule has 0 radical (unpaired) electrons. The van der Waals surface area contributed by atoms with E-state index < -0.39 is 23.3 Å². The van der Waals surface area contributed by atoms with Crippen molar-refractivity contribution in [3.63, 3.8) is 0 Å². The van der Waals surface area contributed by atoms with Gasteiger partial charge in [0.1, 0.15) is 12.2 Å². The first-order valence-electron chi connectivity index (χ1n) is 13.1. The molecule has 6 heteroatoms. The summed E-state index contributed by atoms with van der Waals surface area (Å²) in [6, 6.07) is 15.9. The highest BCUT2D eigenvalue weighted by atomic mass is 16.6. The minimum absolute atomic E-state index is 0.339. The minimum atomic E-state index is -0.601. The minimum Gasteiger partial charge on any atom is -0.447 e. The maximum absolute atomic E-state index is 12.5. The van der Waals surface area contributed by atoms with E-state index in [0.29, 0.717) is 12.8 Å². The summed E-state index contributed by atoms with van der Waals surface area (Å²) in [6.45, 7) is 23.2. The summed E-state index contributed by atoms with van der Waals surface area (Å²) in [7, 11) is 0. The van der Waals surface area contributed by atoms with Crippen molar-refractivity contribution in [2.75, 3.05) is 0 Å². The molecule has 0 bridgehead atoms. The summed E-state index contributed by atoms with van der Waals surface area (Å²) >= 11 is 0. The number of ether oxygens (including phenoxy) is 2. The van der Waals surface area contributed by atoms with Crippen molar-refractivity contribution >= 4 is 23.3 Å². The van der Waals surface area contributed by atoms with Crippen LogP contribution in [0.5, 0.6) is 0 Å². The fraction of sp³-hybridized carbons (Fsp3) is 0.438. The summed E-state index contributed by atoms with van der Waals surface area (Å²) in [5, 5.41) is 5.88. The van der Waals surface area contributed by atoms with E-state index in [9.17, 15) is 9.59 Å². The van der Waals surface area contributed by atoms with Crippen LogP contribution in [0.1, 0.15) is 90.5 Å². The van der Waals surface area contributed by atoms with Gasteiger partial charge in [-0.2, -0.15) is 0 Å². The Morgan fingerprint density at radius 2 is 0.974 bits per heavy atom. The van der Waals surface area contributed by atoms with Gasteiger partial charge in [-0.25, -0.2) is 9.59 Å². The summed E-state index contributed by atoms with van der Waals surface area (Å²) in [4.78, 5) is 25.1. The molecule has 0 spiro atoms. The van der Waals surface area contributed by atoms with Crippen molar-refractivity contribution in [1.82, 2.24) is 10.6 Å². The second kappa shape index (κ2) is 12.8. The van der Waals surface area contributed by atoms with Crippen LogP contribution < -0.4 is 10.6 Å². The molecule has 0 fully saturated rings. The van der Waals surface area contributed by atoms with Gasteiger partial charge in [-0.05, 0) is 90.5 Å². The Kier molecular flexibility index (Phi) is 10.3. The van der Waals surface area contributed by atoms with Crippen molar-refractivity contribution in [1.29, 1.82) is 0 Å². The Labute approximate surface area is 228 Å². The first-order valence-corrected chi connectivity index (χ1v) is 13.1. The number of alkyl carbamates (subject to hydrolysis) is 2. The highest BCUT2D eigenvalue weighted by Gasteiger charge is 2.26. The molecule has 0 aromatic heterocycles. The van der Waals surface area contributed by atoms with Gasteiger partial charge in [0.2, 0.25) is 0 Å². The molecule has 2 aromatic rings. The van der Waals surface area contributed by atoms with Crippen LogP contribution in [0.3, 0.4) is 0 Å². The van der Waals surface area contributed by atoms with Crippen LogP contribution in [-0.4, -0.2) is 24.4 Å². The molecule has 0 heterocycles. The molecule has 0 saturated heterocycles. The fourth-order valence-corrected chi connectivity index (χ4v) is 4.01. The maximum Gasteiger partial charge on any atom is 0.408 e. The van der Waals surface area contributed by atoms with Crippen LogP contribution in [0, 0.1) is 0 Å². The van der Waals surface area contributed by atoms with Gasteiger partial charge in [-0.15, -0.1) is 0 Å². The van der Waals surface area contributed by atoms with E-state index in [-0.39, 0.29) is 12.2 Å². The number of rotatable bonds is 11. The van der Waals surface area contributed by atoms with Gasteiger partial charge in [0, 0.05) is 0 Å². The van der Waals surface area contributed by atoms with Gasteiger partial charge in [0.15, 0.2) is 0 Å². The third-order valence-corrected chi connectivity index (χ3v) is 6.62. The quantitative estimate of drug-likeness (QED) is 0.315. The number of nitrogens with one attached hydrogen (secondary N) is 2. The molecule has 0 aliphatic heterocycles. The Morgan fingerprint density at radius 1 is 0.684 bits per heavy atom. The molecule has 2 amide bonds. The molecule has 2 N–H and O–H groups in total. The van der Waals surface area contributed by atoms with Gasteiger partial charge in [-0.3, -0.25) is 0 Å². The SMILES string of the molecule is C=C(C)c1ccc(C(C)(C)NC(=O)OC(C)CCC(C)OC(=O)NC(C)(C)c2ccc(C(=C)C)cc2)cc1. The molecule has 2 aromatic carbocycles. The predicted molar refractivity (Wildman–Crippen MR) is 156 cm³/mol. The third kappa shape index (κ3) is 9.09. The lowest BCUT2D eigenvalue weighted by Gasteiger charge is -2.28. The Bertz CT molecular complexity index is 1040. The zero-order valence-corrected chi connectivity index (χ0v) is 24.2. The highest BCUT2D eigenvalue weighted by Crippen LogP contribution is 2.24. The monoisotopic (exact) mass is 520 g/mol. The molecule has 2 rings (SSSR count). The van der Waals surface area contributed by atoms with E-state index in [2.05, 4.69) is 23.8 Å². The van der Waals surface area contributed by atoms with E-state index in [1.54, 1.807) is 0 Å². The van der Waals surface area contributed by atoms with Crippen LogP contribution in [0.4, 0.5) is 9.59 Å². The van der Waals surface area contributed by atoms with Gasteiger partial charge in [0.05, 0.1) is 11.1 Å². The average Bonchev–Trinajstić information content (AvgIpc) is 2.82. The number of hydrogen-bond donors (Lipinski definition) is 2. The average molecular weight is 521 g/mol. The molecule has 0 aliphatic rings. The lowest BCUT2D eigenvalue weighted by molar-refractivity contribution is 0.0673. The molecule has 206 valence electrons. The smallest absolute Gasteiger partial charge is 0.408 e. The van der Waals surface area contributed by atoms with Crippen molar-refractivity contribution in [3.8, 4) is 0 Å². The van der Waals surface area contributed by atoms with Crippen LogP contribution >= 0.6 is 0 Å². The zero-order valence-electron chi connectivity index (χ0n) is 24.2. The van der Waals surface area contributed by atoms with Gasteiger partial charge in [0.25, 0.3) is 0 Å². The Balaban J connectivity index is 1.80. The first-order chi connectivity index (χ1) is 17.6. The van der Waals surface area contributed by atoms with Gasteiger partial charge >= 0.3 is 12.2 Å². The Hall–Kier alpha value is -3.54. The maximum atomic E-state index is 12.5. The standard InChI is InChI=1S/C32H44N2O4/c1-21(2)25-13-17-27(18-14-25)31(7,8)33-29(35)37-23(5)11-12-24(6)38-30(36)34-32(9,10)28-19-15-26(16-20-28)22(3)4/h13-20,23-24H,1,3,11-12H2,2,4-10H3,(H,33,35)(H,34,36). The van der Waals surface area contributed by atoms with Crippen LogP contribution in [-0.2, 0) is 20.6 Å². The van der Waals surface area contributed by atoms with Gasteiger partial charge < -0.3 is 20.1 Å². The molecule has 2 unspecified atom stereocenters. The van der Waals surface area contributed by atoms with Crippen LogP contribution in [0.25, 0.3) is 11.1 Å². The lowest BCUT2D eigenvalue weighted by atomic mass is 9.93.